The van der Waals surface area contributed by atoms with E-state index in [-0.39, 0.29) is 5.91 Å². The molecule has 0 aromatic carbocycles. The number of nitrogens with one attached hydrogen (secondary N) is 2. The highest BCUT2D eigenvalue weighted by atomic mass is 16.3. The second-order valence-electron chi connectivity index (χ2n) is 6.34. The molecular formula is C19H20N6O3. The average Bonchev–Trinajstić information content (AvgIpc) is 3.40. The number of furan rings is 2. The van der Waals surface area contributed by atoms with E-state index in [1.165, 1.54) is 6.33 Å². The first-order valence-corrected chi connectivity index (χ1v) is 8.90. The highest BCUT2D eigenvalue weighted by molar-refractivity contribution is 5.95. The van der Waals surface area contributed by atoms with E-state index in [2.05, 4.69) is 25.7 Å². The number of nitrogens with zero attached hydrogens (tertiary/aromatic N) is 4. The number of aromatic nitrogens is 4. The summed E-state index contributed by atoms with van der Waals surface area (Å²) in [4.78, 5) is 20.9. The van der Waals surface area contributed by atoms with Crippen molar-refractivity contribution < 1.29 is 13.6 Å². The number of aryl methyl sites for hydroxylation is 2. The van der Waals surface area contributed by atoms with Gasteiger partial charge in [0, 0.05) is 6.54 Å². The predicted octanol–water partition coefficient (Wildman–Crippen LogP) is 2.67. The van der Waals surface area contributed by atoms with Gasteiger partial charge in [-0.25, -0.2) is 14.6 Å². The number of hydrogen-bond acceptors (Lipinski definition) is 7. The Morgan fingerprint density at radius 3 is 2.93 bits per heavy atom. The maximum atomic E-state index is 12.3. The molecule has 28 heavy (non-hydrogen) atoms. The highest BCUT2D eigenvalue weighted by Gasteiger charge is 2.14. The molecule has 0 fully saturated rings. The Hall–Kier alpha value is -3.62. The second-order valence-corrected chi connectivity index (χ2v) is 6.34. The summed E-state index contributed by atoms with van der Waals surface area (Å²) in [5, 5.41) is 11.3. The molecule has 0 spiro atoms. The lowest BCUT2D eigenvalue weighted by molar-refractivity contribution is 0.0950. The summed E-state index contributed by atoms with van der Waals surface area (Å²) in [6, 6.07) is 5.46. The fourth-order valence-electron chi connectivity index (χ4n) is 3.01. The van der Waals surface area contributed by atoms with Crippen LogP contribution in [0.4, 0.5) is 5.82 Å². The Labute approximate surface area is 160 Å². The van der Waals surface area contributed by atoms with Crippen molar-refractivity contribution in [2.75, 3.05) is 11.9 Å². The van der Waals surface area contributed by atoms with Gasteiger partial charge in [0.15, 0.2) is 5.65 Å². The van der Waals surface area contributed by atoms with Crippen molar-refractivity contribution in [3.8, 4) is 0 Å². The molecule has 2 N–H and O–H groups in total. The minimum absolute atomic E-state index is 0.166. The number of rotatable bonds is 7. The Morgan fingerprint density at radius 2 is 2.18 bits per heavy atom. The molecule has 4 aromatic heterocycles. The van der Waals surface area contributed by atoms with E-state index in [4.69, 9.17) is 8.83 Å². The van der Waals surface area contributed by atoms with Gasteiger partial charge >= 0.3 is 0 Å². The Morgan fingerprint density at radius 1 is 1.29 bits per heavy atom. The molecule has 4 heterocycles. The van der Waals surface area contributed by atoms with Crippen LogP contribution < -0.4 is 10.6 Å². The molecule has 0 aliphatic rings. The average molecular weight is 380 g/mol. The molecule has 1 amide bonds. The van der Waals surface area contributed by atoms with Crippen molar-refractivity contribution in [2.24, 2.45) is 0 Å². The quantitative estimate of drug-likeness (QED) is 0.507. The van der Waals surface area contributed by atoms with Crippen LogP contribution in [0.5, 0.6) is 0 Å². The third-order valence-electron chi connectivity index (χ3n) is 4.34. The van der Waals surface area contributed by atoms with Gasteiger partial charge in [0.05, 0.1) is 36.5 Å². The number of amides is 1. The first-order chi connectivity index (χ1) is 13.6. The Bertz CT molecular complexity index is 1100. The van der Waals surface area contributed by atoms with Gasteiger partial charge in [-0.2, -0.15) is 5.10 Å². The maximum absolute atomic E-state index is 12.3. The zero-order chi connectivity index (χ0) is 19.5. The summed E-state index contributed by atoms with van der Waals surface area (Å²) in [5.41, 5.74) is 1.25. The first kappa shape index (κ1) is 17.8. The summed E-state index contributed by atoms with van der Waals surface area (Å²) in [6.07, 6.45) is 4.83. The third-order valence-corrected chi connectivity index (χ3v) is 4.34. The van der Waals surface area contributed by atoms with E-state index < -0.39 is 0 Å². The minimum atomic E-state index is -0.166. The molecule has 9 nitrogen and oxygen atoms in total. The number of carbonyl (C=O) groups is 1. The molecule has 0 atom stereocenters. The van der Waals surface area contributed by atoms with Gasteiger partial charge in [-0.15, -0.1) is 0 Å². The largest absolute Gasteiger partial charge is 0.467 e. The lowest BCUT2D eigenvalue weighted by atomic mass is 10.2. The van der Waals surface area contributed by atoms with Gasteiger partial charge in [0.25, 0.3) is 5.91 Å². The molecule has 144 valence electrons. The zero-order valence-corrected chi connectivity index (χ0v) is 15.6. The maximum Gasteiger partial charge on any atom is 0.254 e. The van der Waals surface area contributed by atoms with Crippen LogP contribution in [0.25, 0.3) is 11.0 Å². The van der Waals surface area contributed by atoms with Crippen LogP contribution in [0, 0.1) is 13.8 Å². The van der Waals surface area contributed by atoms with Crippen molar-refractivity contribution in [3.63, 3.8) is 0 Å². The van der Waals surface area contributed by atoms with E-state index in [1.807, 2.05) is 19.1 Å². The van der Waals surface area contributed by atoms with Crippen molar-refractivity contribution in [1.29, 1.82) is 0 Å². The Balaban J connectivity index is 1.41. The Kier molecular flexibility index (Phi) is 4.79. The van der Waals surface area contributed by atoms with Crippen LogP contribution in [-0.4, -0.2) is 32.2 Å². The van der Waals surface area contributed by atoms with E-state index >= 15 is 0 Å². The summed E-state index contributed by atoms with van der Waals surface area (Å²) in [7, 11) is 0. The molecule has 9 heteroatoms. The molecule has 0 radical (unpaired) electrons. The molecular weight excluding hydrogens is 360 g/mol. The summed E-state index contributed by atoms with van der Waals surface area (Å²) in [6.45, 7) is 5.01. The van der Waals surface area contributed by atoms with Crippen molar-refractivity contribution >= 4 is 22.8 Å². The SMILES string of the molecule is Cc1cc(C(=O)NCCn2ncc3c(NCc4ccco4)ncnc32)c(C)o1. The van der Waals surface area contributed by atoms with Crippen LogP contribution in [0.3, 0.4) is 0 Å². The highest BCUT2D eigenvalue weighted by Crippen LogP contribution is 2.19. The summed E-state index contributed by atoms with van der Waals surface area (Å²) >= 11 is 0. The predicted molar refractivity (Wildman–Crippen MR) is 102 cm³/mol. The summed E-state index contributed by atoms with van der Waals surface area (Å²) in [5.74, 6) is 2.65. The van der Waals surface area contributed by atoms with Gasteiger partial charge in [-0.3, -0.25) is 4.79 Å². The molecule has 0 saturated heterocycles. The topological polar surface area (TPSA) is 111 Å². The van der Waals surface area contributed by atoms with Gasteiger partial charge in [0.1, 0.15) is 29.4 Å². The van der Waals surface area contributed by atoms with Crippen molar-refractivity contribution in [3.05, 3.63) is 59.8 Å². The molecule has 0 bridgehead atoms. The van der Waals surface area contributed by atoms with Gasteiger partial charge < -0.3 is 19.5 Å². The van der Waals surface area contributed by atoms with Crippen LogP contribution in [0.1, 0.15) is 27.6 Å². The van der Waals surface area contributed by atoms with Crippen LogP contribution in [0.15, 0.2) is 45.8 Å². The fourth-order valence-corrected chi connectivity index (χ4v) is 3.01. The van der Waals surface area contributed by atoms with Gasteiger partial charge in [0.2, 0.25) is 0 Å². The number of hydrogen-bond donors (Lipinski definition) is 2. The lowest BCUT2D eigenvalue weighted by Crippen LogP contribution is -2.27. The van der Waals surface area contributed by atoms with E-state index in [0.29, 0.717) is 48.2 Å². The minimum Gasteiger partial charge on any atom is -0.467 e. The number of fused-ring (bicyclic) bond motifs is 1. The molecule has 0 unspecified atom stereocenters. The molecule has 0 aliphatic carbocycles. The lowest BCUT2D eigenvalue weighted by Gasteiger charge is -2.07. The third kappa shape index (κ3) is 3.59. The van der Waals surface area contributed by atoms with Crippen LogP contribution in [0.2, 0.25) is 0 Å². The smallest absolute Gasteiger partial charge is 0.254 e. The van der Waals surface area contributed by atoms with E-state index in [0.717, 1.165) is 11.1 Å². The molecule has 4 rings (SSSR count). The molecule has 0 saturated carbocycles. The number of carbonyl (C=O) groups excluding carboxylic acids is 1. The monoisotopic (exact) mass is 380 g/mol. The molecule has 4 aromatic rings. The van der Waals surface area contributed by atoms with E-state index in [9.17, 15) is 4.79 Å². The second kappa shape index (κ2) is 7.55. The van der Waals surface area contributed by atoms with Gasteiger partial charge in [-0.1, -0.05) is 0 Å². The number of anilines is 1. The van der Waals surface area contributed by atoms with Crippen molar-refractivity contribution in [2.45, 2.75) is 26.9 Å². The van der Waals surface area contributed by atoms with Crippen molar-refractivity contribution in [1.82, 2.24) is 25.1 Å². The first-order valence-electron chi connectivity index (χ1n) is 8.90. The van der Waals surface area contributed by atoms with Gasteiger partial charge in [-0.05, 0) is 32.0 Å². The standard InChI is InChI=1S/C19H20N6O3/c1-12-8-15(13(2)28-12)19(26)20-5-6-25-18-16(10-24-25)17(22-11-23-18)21-9-14-4-3-7-27-14/h3-4,7-8,10-11H,5-6,9H2,1-2H3,(H,20,26)(H,21,22,23). The normalized spacial score (nSPS) is 11.1. The molecule has 0 aliphatic heterocycles. The van der Waals surface area contributed by atoms with E-state index in [1.54, 1.807) is 30.1 Å². The van der Waals surface area contributed by atoms with Crippen LogP contribution in [-0.2, 0) is 13.1 Å². The zero-order valence-electron chi connectivity index (χ0n) is 15.6. The van der Waals surface area contributed by atoms with Crippen LogP contribution >= 0.6 is 0 Å². The summed E-state index contributed by atoms with van der Waals surface area (Å²) < 4.78 is 12.5. The fraction of sp³-hybridized carbons (Fsp3) is 0.263.